The van der Waals surface area contributed by atoms with Crippen LogP contribution in [-0.2, 0) is 11.4 Å². The molecule has 0 atom stereocenters. The molecule has 0 aliphatic heterocycles. The predicted molar refractivity (Wildman–Crippen MR) is 106 cm³/mol. The van der Waals surface area contributed by atoms with Gasteiger partial charge in [0.25, 0.3) is 0 Å². The summed E-state index contributed by atoms with van der Waals surface area (Å²) in [7, 11) is 0. The Labute approximate surface area is 165 Å². The molecule has 0 spiro atoms. The molecule has 132 valence electrons. The summed E-state index contributed by atoms with van der Waals surface area (Å²) in [6.45, 7) is 0.141. The maximum atomic E-state index is 12.2. The standard InChI is InChI=1S/C19H14Cl2N2O2S/c20-15-7-4-8-16(21)14(15)12-25-23-10-9-17(24)18-11-22-19(26-18)13-5-2-1-3-6-13/h1-8,10-11H,9,12H2/b23-10-. The van der Waals surface area contributed by atoms with Crippen LogP contribution in [0.3, 0.4) is 0 Å². The number of rotatable bonds is 7. The van der Waals surface area contributed by atoms with E-state index in [4.69, 9.17) is 28.0 Å². The van der Waals surface area contributed by atoms with Crippen molar-refractivity contribution < 1.29 is 9.63 Å². The first-order valence-electron chi connectivity index (χ1n) is 7.76. The fourth-order valence-electron chi connectivity index (χ4n) is 2.16. The largest absolute Gasteiger partial charge is 0.391 e. The van der Waals surface area contributed by atoms with Gasteiger partial charge in [0.2, 0.25) is 0 Å². The molecular weight excluding hydrogens is 391 g/mol. The number of oxime groups is 1. The van der Waals surface area contributed by atoms with Crippen LogP contribution in [0.25, 0.3) is 10.6 Å². The maximum absolute atomic E-state index is 12.2. The smallest absolute Gasteiger partial charge is 0.179 e. The maximum Gasteiger partial charge on any atom is 0.179 e. The molecule has 0 aliphatic rings. The summed E-state index contributed by atoms with van der Waals surface area (Å²) in [6, 6.07) is 15.0. The third kappa shape index (κ3) is 4.69. The van der Waals surface area contributed by atoms with Gasteiger partial charge in [-0.1, -0.05) is 64.8 Å². The first-order valence-corrected chi connectivity index (χ1v) is 9.33. The average Bonchev–Trinajstić information content (AvgIpc) is 3.14. The van der Waals surface area contributed by atoms with Crippen LogP contribution < -0.4 is 0 Å². The van der Waals surface area contributed by atoms with Crippen molar-refractivity contribution in [1.29, 1.82) is 0 Å². The summed E-state index contributed by atoms with van der Waals surface area (Å²) in [4.78, 5) is 22.3. The Morgan fingerprint density at radius 2 is 1.85 bits per heavy atom. The number of hydrogen-bond acceptors (Lipinski definition) is 5. The highest BCUT2D eigenvalue weighted by Crippen LogP contribution is 2.26. The number of nitrogens with zero attached hydrogens (tertiary/aromatic N) is 2. The van der Waals surface area contributed by atoms with Gasteiger partial charge in [-0.3, -0.25) is 4.79 Å². The molecule has 0 aliphatic carbocycles. The second-order valence-electron chi connectivity index (χ2n) is 5.28. The number of carbonyl (C=O) groups excluding carboxylic acids is 1. The summed E-state index contributed by atoms with van der Waals surface area (Å²) in [5, 5.41) is 5.65. The molecule has 3 aromatic rings. The number of carbonyl (C=O) groups is 1. The third-order valence-electron chi connectivity index (χ3n) is 3.50. The minimum atomic E-state index is -0.0622. The second kappa shape index (κ2) is 8.94. The lowest BCUT2D eigenvalue weighted by atomic mass is 10.2. The Morgan fingerprint density at radius 1 is 1.12 bits per heavy atom. The zero-order chi connectivity index (χ0) is 18.4. The Morgan fingerprint density at radius 3 is 2.58 bits per heavy atom. The molecule has 0 bridgehead atoms. The summed E-state index contributed by atoms with van der Waals surface area (Å²) in [6.07, 6.45) is 3.15. The molecule has 7 heteroatoms. The van der Waals surface area contributed by atoms with E-state index in [1.807, 2.05) is 30.3 Å². The third-order valence-corrected chi connectivity index (χ3v) is 5.29. The number of aromatic nitrogens is 1. The molecule has 0 radical (unpaired) electrons. The summed E-state index contributed by atoms with van der Waals surface area (Å²) < 4.78 is 0. The fraction of sp³-hybridized carbons (Fsp3) is 0.105. The van der Waals surface area contributed by atoms with E-state index in [1.165, 1.54) is 17.6 Å². The molecule has 1 heterocycles. The number of benzene rings is 2. The van der Waals surface area contributed by atoms with Crippen molar-refractivity contribution in [2.45, 2.75) is 13.0 Å². The number of thiazole rings is 1. The van der Waals surface area contributed by atoms with Gasteiger partial charge < -0.3 is 4.84 Å². The van der Waals surface area contributed by atoms with E-state index in [0.717, 1.165) is 10.6 Å². The lowest BCUT2D eigenvalue weighted by Gasteiger charge is -2.04. The molecule has 0 amide bonds. The number of hydrogen-bond donors (Lipinski definition) is 0. The lowest BCUT2D eigenvalue weighted by Crippen LogP contribution is -1.97. The molecule has 0 saturated heterocycles. The lowest BCUT2D eigenvalue weighted by molar-refractivity contribution is 0.1000. The Balaban J connectivity index is 1.53. The highest BCUT2D eigenvalue weighted by atomic mass is 35.5. The molecule has 2 aromatic carbocycles. The van der Waals surface area contributed by atoms with Gasteiger partial charge in [0.05, 0.1) is 17.5 Å². The molecule has 3 rings (SSSR count). The Hall–Kier alpha value is -2.21. The van der Waals surface area contributed by atoms with E-state index >= 15 is 0 Å². The Kier molecular flexibility index (Phi) is 6.39. The van der Waals surface area contributed by atoms with Crippen LogP contribution in [0.4, 0.5) is 0 Å². The summed E-state index contributed by atoms with van der Waals surface area (Å²) >= 11 is 13.5. The van der Waals surface area contributed by atoms with E-state index < -0.39 is 0 Å². The van der Waals surface area contributed by atoms with Crippen molar-refractivity contribution in [3.8, 4) is 10.6 Å². The van der Waals surface area contributed by atoms with Gasteiger partial charge >= 0.3 is 0 Å². The molecule has 0 unspecified atom stereocenters. The molecule has 0 saturated carbocycles. The second-order valence-corrected chi connectivity index (χ2v) is 7.13. The fourth-order valence-corrected chi connectivity index (χ4v) is 3.54. The van der Waals surface area contributed by atoms with Gasteiger partial charge in [0, 0.05) is 27.4 Å². The van der Waals surface area contributed by atoms with E-state index in [1.54, 1.807) is 24.4 Å². The highest BCUT2D eigenvalue weighted by Gasteiger charge is 2.11. The van der Waals surface area contributed by atoms with Crippen molar-refractivity contribution in [2.75, 3.05) is 0 Å². The van der Waals surface area contributed by atoms with Gasteiger partial charge in [-0.25, -0.2) is 4.98 Å². The highest BCUT2D eigenvalue weighted by molar-refractivity contribution is 7.17. The minimum Gasteiger partial charge on any atom is -0.391 e. The van der Waals surface area contributed by atoms with Crippen LogP contribution in [-0.4, -0.2) is 17.0 Å². The molecule has 4 nitrogen and oxygen atoms in total. The van der Waals surface area contributed by atoms with Crippen LogP contribution >= 0.6 is 34.5 Å². The predicted octanol–water partition coefficient (Wildman–Crippen LogP) is 5.89. The van der Waals surface area contributed by atoms with Crippen molar-refractivity contribution in [2.24, 2.45) is 5.16 Å². The molecule has 1 aromatic heterocycles. The van der Waals surface area contributed by atoms with Crippen LogP contribution in [0.15, 0.2) is 59.9 Å². The van der Waals surface area contributed by atoms with Gasteiger partial charge in [-0.15, -0.1) is 11.3 Å². The zero-order valence-electron chi connectivity index (χ0n) is 13.6. The summed E-state index contributed by atoms with van der Waals surface area (Å²) in [5.74, 6) is -0.0622. The number of halogens is 2. The topological polar surface area (TPSA) is 51.5 Å². The van der Waals surface area contributed by atoms with Gasteiger partial charge in [0.1, 0.15) is 11.6 Å². The van der Waals surface area contributed by atoms with E-state index in [0.29, 0.717) is 20.5 Å². The minimum absolute atomic E-state index is 0.0622. The molecular formula is C19H14Cl2N2O2S. The Bertz CT molecular complexity index is 906. The van der Waals surface area contributed by atoms with Crippen molar-refractivity contribution in [3.05, 3.63) is 75.2 Å². The van der Waals surface area contributed by atoms with Crippen LogP contribution in [0, 0.1) is 0 Å². The van der Waals surface area contributed by atoms with Crippen LogP contribution in [0.2, 0.25) is 10.0 Å². The van der Waals surface area contributed by atoms with Crippen molar-refractivity contribution in [1.82, 2.24) is 4.98 Å². The average molecular weight is 405 g/mol. The van der Waals surface area contributed by atoms with Crippen molar-refractivity contribution in [3.63, 3.8) is 0 Å². The van der Waals surface area contributed by atoms with Gasteiger partial charge in [-0.05, 0) is 12.1 Å². The molecule has 0 N–H and O–H groups in total. The van der Waals surface area contributed by atoms with E-state index in [2.05, 4.69) is 10.1 Å². The van der Waals surface area contributed by atoms with Crippen molar-refractivity contribution >= 4 is 46.5 Å². The molecule has 0 fully saturated rings. The SMILES string of the molecule is O=C(C/C=N\OCc1c(Cl)cccc1Cl)c1cnc(-c2ccccc2)s1. The quantitative estimate of drug-likeness (QED) is 0.280. The summed E-state index contributed by atoms with van der Waals surface area (Å²) in [5.41, 5.74) is 1.65. The van der Waals surface area contributed by atoms with Crippen LogP contribution in [0.5, 0.6) is 0 Å². The first kappa shape index (κ1) is 18.6. The van der Waals surface area contributed by atoms with Crippen LogP contribution in [0.1, 0.15) is 21.7 Å². The van der Waals surface area contributed by atoms with Gasteiger partial charge in [0.15, 0.2) is 5.78 Å². The molecule has 26 heavy (non-hydrogen) atoms. The normalized spacial score (nSPS) is 11.0. The van der Waals surface area contributed by atoms with E-state index in [-0.39, 0.29) is 18.8 Å². The number of Topliss-reactive ketones (excluding diaryl/α,β-unsaturated/α-hetero) is 1. The first-order chi connectivity index (χ1) is 12.6. The monoisotopic (exact) mass is 404 g/mol. The van der Waals surface area contributed by atoms with E-state index in [9.17, 15) is 4.79 Å². The van der Waals surface area contributed by atoms with Gasteiger partial charge in [-0.2, -0.15) is 0 Å². The number of ketones is 1. The zero-order valence-corrected chi connectivity index (χ0v) is 15.9.